The van der Waals surface area contributed by atoms with E-state index in [0.29, 0.717) is 16.7 Å². The maximum atomic E-state index is 12.4. The number of fused-ring (bicyclic) bond motifs is 4. The zero-order valence-electron chi connectivity index (χ0n) is 43.6. The van der Waals surface area contributed by atoms with E-state index in [1.807, 2.05) is 76.2 Å². The third-order valence-corrected chi connectivity index (χ3v) is 15.1. The van der Waals surface area contributed by atoms with Crippen molar-refractivity contribution in [2.45, 2.75) is 117 Å². The Hall–Kier alpha value is -6.82. The number of aryl methyl sites for hydroxylation is 1. The van der Waals surface area contributed by atoms with E-state index in [4.69, 9.17) is 19.5 Å². The van der Waals surface area contributed by atoms with Crippen LogP contribution in [-0.4, -0.2) is 54.4 Å². The first-order valence-electron chi connectivity index (χ1n) is 24.4. The van der Waals surface area contributed by atoms with E-state index in [-0.39, 0.29) is 35.6 Å². The van der Waals surface area contributed by atoms with Crippen molar-refractivity contribution in [2.24, 2.45) is 5.10 Å². The van der Waals surface area contributed by atoms with Crippen LogP contribution in [0.4, 0.5) is 22.7 Å². The summed E-state index contributed by atoms with van der Waals surface area (Å²) in [4.78, 5) is 31.1. The van der Waals surface area contributed by atoms with Crippen LogP contribution in [0.5, 0.6) is 0 Å². The first-order chi connectivity index (χ1) is 35.5. The molecule has 2 aliphatic rings. The van der Waals surface area contributed by atoms with Crippen LogP contribution in [0.3, 0.4) is 0 Å². The van der Waals surface area contributed by atoms with Gasteiger partial charge in [-0.15, -0.1) is 0 Å². The molecule has 1 unspecified atom stereocenters. The van der Waals surface area contributed by atoms with Gasteiger partial charge in [-0.3, -0.25) is 9.59 Å². The minimum atomic E-state index is -3.69. The van der Waals surface area contributed by atoms with Crippen molar-refractivity contribution in [2.75, 3.05) is 10.6 Å². The molecule has 16 heteroatoms. The lowest BCUT2D eigenvalue weighted by Gasteiger charge is -2.23. The number of hydrogen-bond donors (Lipinski definition) is 5. The Bertz CT molecular complexity index is 3320. The molecule has 388 valence electrons. The van der Waals surface area contributed by atoms with Crippen LogP contribution in [0.25, 0.3) is 0 Å². The molecule has 0 spiro atoms. The van der Waals surface area contributed by atoms with Crippen LogP contribution in [0, 0.1) is 6.92 Å². The highest BCUT2D eigenvalue weighted by Crippen LogP contribution is 2.46. The highest BCUT2D eigenvalue weighted by atomic mass is 32.2. The number of hydrazone groups is 1. The summed E-state index contributed by atoms with van der Waals surface area (Å²) in [5.41, 5.74) is 10.3. The second-order valence-corrected chi connectivity index (χ2v) is 24.0. The van der Waals surface area contributed by atoms with Crippen molar-refractivity contribution < 1.29 is 37.5 Å². The molecule has 0 fully saturated rings. The van der Waals surface area contributed by atoms with Gasteiger partial charge in [-0.1, -0.05) is 133 Å². The fraction of sp³-hybridized carbons (Fsp3) is 0.237. The van der Waals surface area contributed by atoms with Crippen LogP contribution < -0.4 is 20.9 Å². The Morgan fingerprint density at radius 1 is 0.613 bits per heavy atom. The second-order valence-electron chi connectivity index (χ2n) is 20.1. The molecule has 5 N–H and O–H groups in total. The fourth-order valence-electron chi connectivity index (χ4n) is 7.87. The van der Waals surface area contributed by atoms with E-state index in [2.05, 4.69) is 88.2 Å². The Kier molecular flexibility index (Phi) is 18.1. The van der Waals surface area contributed by atoms with Gasteiger partial charge in [-0.05, 0) is 149 Å². The SMILES string of the molecule is C/C(=N\NS(=O)(=O)c1ccc(C)cc1)c1ccc2c(c1)Nc1ccccc1S2.CC(C)(C)OC(=O)Cc1cccc(B(O)O)c1.CC(c1cccc(CC(=O)OC(C)(C)C)c1)c1ccc2c(c1)Nc1ccccc1S2. The molecule has 0 saturated carbocycles. The van der Waals surface area contributed by atoms with Crippen molar-refractivity contribution >= 4 is 86.5 Å². The predicted molar refractivity (Wildman–Crippen MR) is 304 cm³/mol. The zero-order valence-corrected chi connectivity index (χ0v) is 46.0. The van der Waals surface area contributed by atoms with Crippen LogP contribution in [0.2, 0.25) is 0 Å². The van der Waals surface area contributed by atoms with Gasteiger partial charge in [-0.25, -0.2) is 0 Å². The zero-order chi connectivity index (χ0) is 54.1. The molecule has 0 bridgehead atoms. The van der Waals surface area contributed by atoms with Gasteiger partial charge < -0.3 is 30.2 Å². The molecule has 7 aromatic rings. The summed E-state index contributed by atoms with van der Waals surface area (Å²) in [6.07, 6.45) is 0.412. The third-order valence-electron chi connectivity index (χ3n) is 11.6. The first kappa shape index (κ1) is 55.9. The number of rotatable bonds is 11. The van der Waals surface area contributed by atoms with Crippen molar-refractivity contribution in [3.8, 4) is 0 Å². The van der Waals surface area contributed by atoms with Crippen LogP contribution >= 0.6 is 23.5 Å². The smallest absolute Gasteiger partial charge is 0.460 e. The monoisotopic (exact) mass is 1060 g/mol. The highest BCUT2D eigenvalue weighted by Gasteiger charge is 2.22. The van der Waals surface area contributed by atoms with Gasteiger partial charge in [0.1, 0.15) is 11.2 Å². The van der Waals surface area contributed by atoms with Crippen molar-refractivity contribution in [3.63, 3.8) is 0 Å². The van der Waals surface area contributed by atoms with Gasteiger partial charge >= 0.3 is 19.1 Å². The topological polar surface area (TPSA) is 176 Å². The molecule has 0 amide bonds. The molecule has 1 atom stereocenters. The fourth-order valence-corrected chi connectivity index (χ4v) is 10.7. The molecule has 2 aliphatic heterocycles. The Morgan fingerprint density at radius 2 is 1.11 bits per heavy atom. The molecule has 7 aromatic carbocycles. The lowest BCUT2D eigenvalue weighted by molar-refractivity contribution is -0.155. The number of ether oxygens (including phenoxy) is 2. The number of para-hydroxylation sites is 2. The van der Waals surface area contributed by atoms with Crippen molar-refractivity contribution in [1.29, 1.82) is 0 Å². The molecule has 75 heavy (non-hydrogen) atoms. The van der Waals surface area contributed by atoms with Crippen LogP contribution in [0.1, 0.15) is 94.7 Å². The van der Waals surface area contributed by atoms with E-state index in [0.717, 1.165) is 44.3 Å². The molecule has 12 nitrogen and oxygen atoms in total. The summed E-state index contributed by atoms with van der Waals surface area (Å²) in [6.45, 7) is 17.0. The third kappa shape index (κ3) is 16.1. The first-order valence-corrected chi connectivity index (χ1v) is 27.6. The number of esters is 2. The van der Waals surface area contributed by atoms with Gasteiger partial charge in [0.2, 0.25) is 0 Å². The lowest BCUT2D eigenvalue weighted by Crippen LogP contribution is -2.30. The summed E-state index contributed by atoms with van der Waals surface area (Å²) >= 11 is 3.50. The Balaban J connectivity index is 0.000000171. The second kappa shape index (κ2) is 24.2. The summed E-state index contributed by atoms with van der Waals surface area (Å²) in [5, 5.41) is 29.1. The maximum Gasteiger partial charge on any atom is 0.488 e. The molecular weight excluding hydrogens is 1000 g/mol. The van der Waals surface area contributed by atoms with Crippen molar-refractivity contribution in [3.05, 3.63) is 191 Å². The predicted octanol–water partition coefficient (Wildman–Crippen LogP) is 12.1. The highest BCUT2D eigenvalue weighted by molar-refractivity contribution is 8.00. The number of anilines is 4. The van der Waals surface area contributed by atoms with Crippen LogP contribution in [0.15, 0.2) is 187 Å². The standard InChI is InChI=1S/C26H27NO2S.C21H19N3O2S2.C12H17BO4/c1-17(19-9-7-8-18(14-19)15-25(28)29-26(2,3)4)20-12-13-24-22(16-20)27-21-10-5-6-11-23(21)30-24;1-14-7-10-17(11-8-14)28(25,26)24-23-15(2)16-9-12-21-19(13-16)22-18-5-3-4-6-20(18)27-21;1-12(2,3)17-11(14)8-9-5-4-6-10(7-9)13(15)16/h5-14,16-17,27H,15H2,1-4H3;3-13,22,24H,1-2H3;4-7,15-16H,8H2,1-3H3/b;23-15+;. The summed E-state index contributed by atoms with van der Waals surface area (Å²) in [6, 6.07) is 50.6. The van der Waals surface area contributed by atoms with E-state index in [1.54, 1.807) is 99.7 Å². The number of nitrogens with zero attached hydrogens (tertiary/aromatic N) is 1. The van der Waals surface area contributed by atoms with E-state index < -0.39 is 28.3 Å². The average Bonchev–Trinajstić information content (AvgIpc) is 3.35. The molecule has 0 saturated heterocycles. The average molecular weight is 1060 g/mol. The van der Waals surface area contributed by atoms with Crippen molar-refractivity contribution in [1.82, 2.24) is 4.83 Å². The summed E-state index contributed by atoms with van der Waals surface area (Å²) in [5.74, 6) is -0.305. The maximum absolute atomic E-state index is 12.4. The van der Waals surface area contributed by atoms with Gasteiger partial charge in [0.25, 0.3) is 10.0 Å². The molecule has 0 radical (unpaired) electrons. The molecular formula is C59H63BN4O8S3. The number of benzene rings is 7. The van der Waals surface area contributed by atoms with Crippen LogP contribution in [-0.2, 0) is 41.9 Å². The molecule has 2 heterocycles. The lowest BCUT2D eigenvalue weighted by atomic mass is 9.79. The quantitative estimate of drug-likeness (QED) is 0.0359. The number of hydrogen-bond acceptors (Lipinski definition) is 13. The van der Waals surface area contributed by atoms with Gasteiger partial charge in [-0.2, -0.15) is 18.4 Å². The Morgan fingerprint density at radius 3 is 1.67 bits per heavy atom. The number of sulfonamides is 1. The molecule has 9 rings (SSSR count). The minimum absolute atomic E-state index is 0.123. The van der Waals surface area contributed by atoms with Gasteiger partial charge in [0, 0.05) is 25.5 Å². The number of carbonyl (C=O) groups excluding carboxylic acids is 2. The van der Waals surface area contributed by atoms with E-state index in [9.17, 15) is 18.0 Å². The minimum Gasteiger partial charge on any atom is -0.460 e. The van der Waals surface area contributed by atoms with E-state index >= 15 is 0 Å². The van der Waals surface area contributed by atoms with E-state index in [1.165, 1.54) is 25.8 Å². The summed E-state index contributed by atoms with van der Waals surface area (Å²) < 4.78 is 35.5. The van der Waals surface area contributed by atoms with Gasteiger partial charge in [0.15, 0.2) is 0 Å². The molecule has 0 aromatic heterocycles. The largest absolute Gasteiger partial charge is 0.488 e. The molecule has 0 aliphatic carbocycles. The number of nitrogens with one attached hydrogen (secondary N) is 3. The normalized spacial score (nSPS) is 12.9. The van der Waals surface area contributed by atoms with Gasteiger partial charge in [0.05, 0.1) is 46.2 Å². The summed E-state index contributed by atoms with van der Waals surface area (Å²) in [7, 11) is -5.21. The number of carbonyl (C=O) groups is 2. The Labute approximate surface area is 450 Å².